The molecular formula is C19H25N3O3. The number of carbonyl (C=O) groups is 1. The SMILES string of the molecule is CC(C)(OCC1CCOCC1)C(=O)Cc1nc(-c2ccccc2)n[nH]1. The van der Waals surface area contributed by atoms with Crippen molar-refractivity contribution in [1.29, 1.82) is 0 Å². The number of ketones is 1. The van der Waals surface area contributed by atoms with Gasteiger partial charge < -0.3 is 9.47 Å². The second kappa shape index (κ2) is 7.89. The number of aromatic amines is 1. The Hall–Kier alpha value is -2.05. The number of ether oxygens (including phenoxy) is 2. The standard InChI is InChI=1S/C19H25N3O3/c1-19(2,25-13-14-8-10-24-11-9-14)16(23)12-17-20-18(22-21-17)15-6-4-3-5-7-15/h3-7,14H,8-13H2,1-2H3,(H,20,21,22). The van der Waals surface area contributed by atoms with E-state index >= 15 is 0 Å². The molecule has 134 valence electrons. The number of H-pyrrole nitrogens is 1. The van der Waals surface area contributed by atoms with Crippen LogP contribution >= 0.6 is 0 Å². The highest BCUT2D eigenvalue weighted by molar-refractivity contribution is 5.87. The van der Waals surface area contributed by atoms with Crippen LogP contribution in [0.3, 0.4) is 0 Å². The number of benzene rings is 1. The topological polar surface area (TPSA) is 77.1 Å². The van der Waals surface area contributed by atoms with Crippen molar-refractivity contribution in [2.75, 3.05) is 19.8 Å². The summed E-state index contributed by atoms with van der Waals surface area (Å²) in [6.07, 6.45) is 2.17. The van der Waals surface area contributed by atoms with Crippen molar-refractivity contribution in [2.45, 2.75) is 38.7 Å². The number of aromatic nitrogens is 3. The van der Waals surface area contributed by atoms with Crippen LogP contribution in [-0.4, -0.2) is 46.4 Å². The maximum atomic E-state index is 12.6. The zero-order valence-corrected chi connectivity index (χ0v) is 14.8. The molecule has 2 heterocycles. The minimum absolute atomic E-state index is 0.00433. The maximum absolute atomic E-state index is 12.6. The molecule has 0 unspecified atom stereocenters. The zero-order chi connectivity index (χ0) is 17.7. The van der Waals surface area contributed by atoms with Crippen molar-refractivity contribution in [1.82, 2.24) is 15.2 Å². The van der Waals surface area contributed by atoms with Crippen molar-refractivity contribution < 1.29 is 14.3 Å². The monoisotopic (exact) mass is 343 g/mol. The summed E-state index contributed by atoms with van der Waals surface area (Å²) in [4.78, 5) is 17.0. The molecule has 6 nitrogen and oxygen atoms in total. The third-order valence-electron chi connectivity index (χ3n) is 4.58. The predicted molar refractivity (Wildman–Crippen MR) is 94.1 cm³/mol. The number of hydrogen-bond acceptors (Lipinski definition) is 5. The van der Waals surface area contributed by atoms with E-state index in [-0.39, 0.29) is 12.2 Å². The van der Waals surface area contributed by atoms with Gasteiger partial charge in [-0.3, -0.25) is 9.89 Å². The van der Waals surface area contributed by atoms with E-state index in [9.17, 15) is 4.79 Å². The fraction of sp³-hybridized carbons (Fsp3) is 0.526. The zero-order valence-electron chi connectivity index (χ0n) is 14.8. The summed E-state index contributed by atoms with van der Waals surface area (Å²) >= 11 is 0. The Balaban J connectivity index is 1.56. The van der Waals surface area contributed by atoms with Gasteiger partial charge in [-0.1, -0.05) is 30.3 Å². The van der Waals surface area contributed by atoms with E-state index in [1.165, 1.54) is 0 Å². The van der Waals surface area contributed by atoms with Gasteiger partial charge in [0.1, 0.15) is 11.4 Å². The smallest absolute Gasteiger partial charge is 0.181 e. The number of nitrogens with one attached hydrogen (secondary N) is 1. The van der Waals surface area contributed by atoms with Crippen molar-refractivity contribution in [3.63, 3.8) is 0 Å². The molecule has 2 aromatic rings. The fourth-order valence-corrected chi connectivity index (χ4v) is 2.78. The van der Waals surface area contributed by atoms with Gasteiger partial charge in [-0.25, -0.2) is 4.98 Å². The van der Waals surface area contributed by atoms with Crippen LogP contribution in [0, 0.1) is 5.92 Å². The van der Waals surface area contributed by atoms with Crippen LogP contribution in [0.1, 0.15) is 32.5 Å². The summed E-state index contributed by atoms with van der Waals surface area (Å²) < 4.78 is 11.3. The van der Waals surface area contributed by atoms with Crippen LogP contribution in [0.2, 0.25) is 0 Å². The number of Topliss-reactive ketones (excluding diaryl/α,β-unsaturated/α-hetero) is 1. The minimum Gasteiger partial charge on any atom is -0.381 e. The summed E-state index contributed by atoms with van der Waals surface area (Å²) in [6.45, 7) is 5.80. The summed E-state index contributed by atoms with van der Waals surface area (Å²) in [5.74, 6) is 1.63. The van der Waals surface area contributed by atoms with E-state index in [0.29, 0.717) is 24.2 Å². The van der Waals surface area contributed by atoms with E-state index in [1.807, 2.05) is 44.2 Å². The highest BCUT2D eigenvalue weighted by atomic mass is 16.5. The molecule has 6 heteroatoms. The second-order valence-electron chi connectivity index (χ2n) is 6.95. The van der Waals surface area contributed by atoms with Crippen LogP contribution in [-0.2, 0) is 20.7 Å². The lowest BCUT2D eigenvalue weighted by Crippen LogP contribution is -2.38. The minimum atomic E-state index is -0.835. The van der Waals surface area contributed by atoms with Crippen LogP contribution in [0.5, 0.6) is 0 Å². The molecule has 3 rings (SSSR count). The fourth-order valence-electron chi connectivity index (χ4n) is 2.78. The lowest BCUT2D eigenvalue weighted by atomic mass is 9.98. The number of hydrogen-bond donors (Lipinski definition) is 1. The lowest BCUT2D eigenvalue weighted by Gasteiger charge is -2.28. The molecule has 0 aliphatic carbocycles. The molecule has 1 aliphatic heterocycles. The third-order valence-corrected chi connectivity index (χ3v) is 4.58. The van der Waals surface area contributed by atoms with Gasteiger partial charge in [0, 0.05) is 18.8 Å². The average Bonchev–Trinajstić information content (AvgIpc) is 3.10. The number of carbonyl (C=O) groups excluding carboxylic acids is 1. The van der Waals surface area contributed by atoms with E-state index in [2.05, 4.69) is 15.2 Å². The van der Waals surface area contributed by atoms with Crippen molar-refractivity contribution in [3.05, 3.63) is 36.2 Å². The summed E-state index contributed by atoms with van der Waals surface area (Å²) in [5, 5.41) is 7.06. The van der Waals surface area contributed by atoms with E-state index in [0.717, 1.165) is 31.6 Å². The Morgan fingerprint density at radius 3 is 2.72 bits per heavy atom. The largest absolute Gasteiger partial charge is 0.381 e. The van der Waals surface area contributed by atoms with Gasteiger partial charge in [0.05, 0.1) is 13.0 Å². The highest BCUT2D eigenvalue weighted by Crippen LogP contribution is 2.21. The van der Waals surface area contributed by atoms with Gasteiger partial charge in [0.15, 0.2) is 11.6 Å². The molecule has 0 spiro atoms. The van der Waals surface area contributed by atoms with Gasteiger partial charge >= 0.3 is 0 Å². The summed E-state index contributed by atoms with van der Waals surface area (Å²) in [6, 6.07) is 9.69. The van der Waals surface area contributed by atoms with Crippen LogP contribution < -0.4 is 0 Å². The van der Waals surface area contributed by atoms with Gasteiger partial charge in [-0.15, -0.1) is 0 Å². The lowest BCUT2D eigenvalue weighted by molar-refractivity contribution is -0.142. The molecule has 0 bridgehead atoms. The molecule has 1 aromatic heterocycles. The molecule has 1 fully saturated rings. The first-order chi connectivity index (χ1) is 12.0. The molecule has 0 saturated carbocycles. The quantitative estimate of drug-likeness (QED) is 0.836. The van der Waals surface area contributed by atoms with E-state index in [1.54, 1.807) is 0 Å². The molecular weight excluding hydrogens is 318 g/mol. The third kappa shape index (κ3) is 4.74. The van der Waals surface area contributed by atoms with Gasteiger partial charge in [0.25, 0.3) is 0 Å². The molecule has 1 saturated heterocycles. The second-order valence-corrected chi connectivity index (χ2v) is 6.95. The van der Waals surface area contributed by atoms with Gasteiger partial charge in [-0.2, -0.15) is 5.10 Å². The Kier molecular flexibility index (Phi) is 5.60. The molecule has 0 atom stereocenters. The summed E-state index contributed by atoms with van der Waals surface area (Å²) in [5.41, 5.74) is 0.0883. The molecule has 0 radical (unpaired) electrons. The van der Waals surface area contributed by atoms with Gasteiger partial charge in [0.2, 0.25) is 0 Å². The normalized spacial score (nSPS) is 16.1. The highest BCUT2D eigenvalue weighted by Gasteiger charge is 2.30. The Bertz CT molecular complexity index is 691. The number of nitrogens with zero attached hydrogens (tertiary/aromatic N) is 2. The van der Waals surface area contributed by atoms with Crippen molar-refractivity contribution in [3.8, 4) is 11.4 Å². The van der Waals surface area contributed by atoms with Crippen molar-refractivity contribution >= 4 is 5.78 Å². The van der Waals surface area contributed by atoms with Crippen molar-refractivity contribution in [2.24, 2.45) is 5.92 Å². The maximum Gasteiger partial charge on any atom is 0.181 e. The van der Waals surface area contributed by atoms with Crippen LogP contribution in [0.4, 0.5) is 0 Å². The first-order valence-corrected chi connectivity index (χ1v) is 8.76. The number of rotatable bonds is 7. The van der Waals surface area contributed by atoms with Crippen LogP contribution in [0.15, 0.2) is 30.3 Å². The summed E-state index contributed by atoms with van der Waals surface area (Å²) in [7, 11) is 0. The van der Waals surface area contributed by atoms with Gasteiger partial charge in [-0.05, 0) is 32.6 Å². The van der Waals surface area contributed by atoms with E-state index in [4.69, 9.17) is 9.47 Å². The predicted octanol–water partition coefficient (Wildman–Crippen LogP) is 2.81. The molecule has 1 aromatic carbocycles. The van der Waals surface area contributed by atoms with E-state index < -0.39 is 5.60 Å². The Labute approximate surface area is 148 Å². The first kappa shape index (κ1) is 17.8. The molecule has 25 heavy (non-hydrogen) atoms. The average molecular weight is 343 g/mol. The molecule has 0 amide bonds. The van der Waals surface area contributed by atoms with Crippen LogP contribution in [0.25, 0.3) is 11.4 Å². The Morgan fingerprint density at radius 2 is 2.00 bits per heavy atom. The Morgan fingerprint density at radius 1 is 1.28 bits per heavy atom. The first-order valence-electron chi connectivity index (χ1n) is 8.76. The molecule has 1 aliphatic rings. The molecule has 1 N–H and O–H groups in total.